The van der Waals surface area contributed by atoms with Crippen LogP contribution in [0, 0.1) is 6.92 Å². The lowest BCUT2D eigenvalue weighted by Crippen LogP contribution is -2.23. The van der Waals surface area contributed by atoms with Crippen LogP contribution < -0.4 is 4.90 Å². The first-order valence-electron chi connectivity index (χ1n) is 8.33. The van der Waals surface area contributed by atoms with Crippen LogP contribution in [-0.2, 0) is 4.74 Å². The average molecular weight is 347 g/mol. The zero-order valence-electron chi connectivity index (χ0n) is 14.3. The number of carbonyl (C=O) groups is 2. The van der Waals surface area contributed by atoms with E-state index in [1.54, 1.807) is 36.5 Å². The first-order chi connectivity index (χ1) is 12.6. The molecule has 26 heavy (non-hydrogen) atoms. The molecule has 1 saturated heterocycles. The lowest BCUT2D eigenvalue weighted by atomic mass is 10.1. The molecule has 1 aliphatic rings. The smallest absolute Gasteiger partial charge is 0.414 e. The number of cyclic esters (lactones) is 1. The highest BCUT2D eigenvalue weighted by molar-refractivity contribution is 6.07. The molecule has 4 rings (SSSR count). The summed E-state index contributed by atoms with van der Waals surface area (Å²) in [4.78, 5) is 30.1. The number of allylic oxidation sites excluding steroid dienone is 1. The summed E-state index contributed by atoms with van der Waals surface area (Å²) >= 11 is 0. The summed E-state index contributed by atoms with van der Waals surface area (Å²) in [5.41, 5.74) is 3.90. The maximum atomic E-state index is 12.6. The van der Waals surface area contributed by atoms with Gasteiger partial charge in [-0.15, -0.1) is 0 Å². The summed E-state index contributed by atoms with van der Waals surface area (Å²) in [5.74, 6) is -0.136. The van der Waals surface area contributed by atoms with Crippen molar-refractivity contribution in [3.8, 4) is 0 Å². The fourth-order valence-corrected chi connectivity index (χ4v) is 3.06. The maximum absolute atomic E-state index is 12.6. The highest BCUT2D eigenvalue weighted by Gasteiger charge is 2.23. The van der Waals surface area contributed by atoms with E-state index in [1.807, 2.05) is 29.5 Å². The molecule has 130 valence electrons. The Morgan fingerprint density at radius 2 is 2.08 bits per heavy atom. The van der Waals surface area contributed by atoms with Crippen molar-refractivity contribution in [3.63, 3.8) is 0 Å². The van der Waals surface area contributed by atoms with Crippen LogP contribution in [0.25, 0.3) is 11.7 Å². The van der Waals surface area contributed by atoms with Gasteiger partial charge in [0.05, 0.1) is 18.4 Å². The van der Waals surface area contributed by atoms with Crippen LogP contribution in [0.15, 0.2) is 54.7 Å². The van der Waals surface area contributed by atoms with Crippen LogP contribution >= 0.6 is 0 Å². The Balaban J connectivity index is 1.60. The molecule has 0 atom stereocenters. The Morgan fingerprint density at radius 1 is 1.23 bits per heavy atom. The van der Waals surface area contributed by atoms with Gasteiger partial charge in [0.2, 0.25) is 0 Å². The largest absolute Gasteiger partial charge is 0.447 e. The molecule has 6 nitrogen and oxygen atoms in total. The molecule has 0 unspecified atom stereocenters. The number of aryl methyl sites for hydroxylation is 1. The Labute approximate surface area is 150 Å². The molecule has 6 heteroatoms. The van der Waals surface area contributed by atoms with Gasteiger partial charge in [-0.3, -0.25) is 14.1 Å². The zero-order valence-corrected chi connectivity index (χ0v) is 14.3. The average Bonchev–Trinajstić information content (AvgIpc) is 3.27. The number of hydrogen-bond acceptors (Lipinski definition) is 4. The van der Waals surface area contributed by atoms with Gasteiger partial charge in [0.1, 0.15) is 12.3 Å². The van der Waals surface area contributed by atoms with E-state index in [0.717, 1.165) is 17.0 Å². The predicted octanol–water partition coefficient (Wildman–Crippen LogP) is 3.50. The summed E-state index contributed by atoms with van der Waals surface area (Å²) < 4.78 is 6.93. The molecule has 0 spiro atoms. The van der Waals surface area contributed by atoms with Crippen molar-refractivity contribution in [1.29, 1.82) is 0 Å². The number of amides is 1. The SMILES string of the molecule is Cc1cccc2ncc(C=CC(=O)c3cccc(N4CCOC4=O)c3)n12. The van der Waals surface area contributed by atoms with Crippen LogP contribution in [0.4, 0.5) is 10.5 Å². The van der Waals surface area contributed by atoms with Crippen molar-refractivity contribution in [1.82, 2.24) is 9.38 Å². The van der Waals surface area contributed by atoms with E-state index < -0.39 is 0 Å². The number of hydrogen-bond donors (Lipinski definition) is 0. The van der Waals surface area contributed by atoms with Crippen LogP contribution in [0.1, 0.15) is 21.7 Å². The van der Waals surface area contributed by atoms with Crippen molar-refractivity contribution in [2.75, 3.05) is 18.1 Å². The van der Waals surface area contributed by atoms with Gasteiger partial charge < -0.3 is 4.74 Å². The number of benzene rings is 1. The van der Waals surface area contributed by atoms with Crippen molar-refractivity contribution in [2.24, 2.45) is 0 Å². The molecule has 1 fully saturated rings. The zero-order chi connectivity index (χ0) is 18.1. The van der Waals surface area contributed by atoms with E-state index in [2.05, 4.69) is 4.98 Å². The normalized spacial score (nSPS) is 14.3. The highest BCUT2D eigenvalue weighted by Crippen LogP contribution is 2.21. The molecular weight excluding hydrogens is 330 g/mol. The number of anilines is 1. The number of ketones is 1. The third kappa shape index (κ3) is 2.86. The topological polar surface area (TPSA) is 63.9 Å². The first-order valence-corrected chi connectivity index (χ1v) is 8.33. The minimum atomic E-state index is -0.383. The lowest BCUT2D eigenvalue weighted by Gasteiger charge is -2.13. The maximum Gasteiger partial charge on any atom is 0.414 e. The van der Waals surface area contributed by atoms with Gasteiger partial charge in [-0.1, -0.05) is 18.2 Å². The number of fused-ring (bicyclic) bond motifs is 1. The minimum Gasteiger partial charge on any atom is -0.447 e. The number of carbonyl (C=O) groups excluding carboxylic acids is 2. The number of ether oxygens (including phenoxy) is 1. The molecule has 3 aromatic rings. The summed E-state index contributed by atoms with van der Waals surface area (Å²) in [6.45, 7) is 2.85. The number of aromatic nitrogens is 2. The lowest BCUT2D eigenvalue weighted by molar-refractivity contribution is 0.104. The minimum absolute atomic E-state index is 0.136. The van der Waals surface area contributed by atoms with Crippen LogP contribution in [0.3, 0.4) is 0 Å². The van der Waals surface area contributed by atoms with E-state index in [0.29, 0.717) is 24.4 Å². The quantitative estimate of drug-likeness (QED) is 0.535. The molecule has 0 aliphatic carbocycles. The van der Waals surface area contributed by atoms with Crippen molar-refractivity contribution < 1.29 is 14.3 Å². The summed E-state index contributed by atoms with van der Waals surface area (Å²) in [6, 6.07) is 12.9. The molecule has 0 radical (unpaired) electrons. The van der Waals surface area contributed by atoms with Crippen LogP contribution in [0.5, 0.6) is 0 Å². The van der Waals surface area contributed by atoms with Gasteiger partial charge in [-0.2, -0.15) is 0 Å². The number of pyridine rings is 1. The highest BCUT2D eigenvalue weighted by atomic mass is 16.6. The fourth-order valence-electron chi connectivity index (χ4n) is 3.06. The van der Waals surface area contributed by atoms with Gasteiger partial charge in [0.15, 0.2) is 5.78 Å². The number of imidazole rings is 1. The number of rotatable bonds is 4. The molecule has 0 saturated carbocycles. The molecule has 1 aromatic carbocycles. The third-order valence-corrected chi connectivity index (χ3v) is 4.36. The molecule has 0 N–H and O–H groups in total. The first kappa shape index (κ1) is 16.1. The molecule has 1 amide bonds. The summed E-state index contributed by atoms with van der Waals surface area (Å²) in [7, 11) is 0. The van der Waals surface area contributed by atoms with Crippen LogP contribution in [0.2, 0.25) is 0 Å². The van der Waals surface area contributed by atoms with Crippen molar-refractivity contribution in [2.45, 2.75) is 6.92 Å². The van der Waals surface area contributed by atoms with Crippen molar-refractivity contribution >= 4 is 29.3 Å². The Hall–Kier alpha value is -3.41. The van der Waals surface area contributed by atoms with E-state index in [-0.39, 0.29) is 11.9 Å². The molecule has 0 bridgehead atoms. The predicted molar refractivity (Wildman–Crippen MR) is 98.4 cm³/mol. The second-order valence-corrected chi connectivity index (χ2v) is 6.06. The van der Waals surface area contributed by atoms with E-state index >= 15 is 0 Å². The van der Waals surface area contributed by atoms with E-state index in [4.69, 9.17) is 4.74 Å². The number of nitrogens with zero attached hydrogens (tertiary/aromatic N) is 3. The van der Waals surface area contributed by atoms with Gasteiger partial charge in [-0.25, -0.2) is 9.78 Å². The van der Waals surface area contributed by atoms with Crippen molar-refractivity contribution in [3.05, 3.63) is 71.7 Å². The van der Waals surface area contributed by atoms with E-state index in [1.165, 1.54) is 11.0 Å². The second kappa shape index (κ2) is 6.48. The molecular formula is C20H17N3O3. The monoisotopic (exact) mass is 347 g/mol. The Kier molecular flexibility index (Phi) is 4.01. The van der Waals surface area contributed by atoms with Gasteiger partial charge in [-0.05, 0) is 43.3 Å². The third-order valence-electron chi connectivity index (χ3n) is 4.36. The molecule has 2 aromatic heterocycles. The van der Waals surface area contributed by atoms with E-state index in [9.17, 15) is 9.59 Å². The standard InChI is InChI=1S/C20H17N3O3/c1-14-4-2-7-19-21-13-17(23(14)19)8-9-18(24)15-5-3-6-16(12-15)22-10-11-26-20(22)25/h2-9,12-13H,10-11H2,1H3. The molecule has 1 aliphatic heterocycles. The van der Waals surface area contributed by atoms with Gasteiger partial charge in [0, 0.05) is 16.9 Å². The Morgan fingerprint density at radius 3 is 2.88 bits per heavy atom. The van der Waals surface area contributed by atoms with Gasteiger partial charge in [0.25, 0.3) is 0 Å². The second-order valence-electron chi connectivity index (χ2n) is 6.06. The Bertz CT molecular complexity index is 1040. The fraction of sp³-hybridized carbons (Fsp3) is 0.150. The molecule has 3 heterocycles. The summed E-state index contributed by atoms with van der Waals surface area (Å²) in [6.07, 6.45) is 4.64. The van der Waals surface area contributed by atoms with Crippen LogP contribution in [-0.4, -0.2) is 34.4 Å². The van der Waals surface area contributed by atoms with Gasteiger partial charge >= 0.3 is 6.09 Å². The summed E-state index contributed by atoms with van der Waals surface area (Å²) in [5, 5.41) is 0.